The maximum Gasteiger partial charge on any atom is 0.328 e. The van der Waals surface area contributed by atoms with E-state index in [-0.39, 0.29) is 18.8 Å². The number of rotatable bonds is 8. The molecule has 1 aliphatic rings. The van der Waals surface area contributed by atoms with Gasteiger partial charge in [-0.05, 0) is 49.4 Å². The molecule has 10 nitrogen and oxygen atoms in total. The SMILES string of the molecule is CCn1ncc2cc(Oc3ccc(OC4(CCOC)C(=O)NC(=O)NC4=O)cc3)ccc21. The molecular weight excluding hydrogens is 416 g/mol. The third kappa shape index (κ3) is 4.00. The zero-order chi connectivity index (χ0) is 22.7. The summed E-state index contributed by atoms with van der Waals surface area (Å²) in [6, 6.07) is 11.3. The number of barbiturate groups is 1. The Labute approximate surface area is 183 Å². The number of aromatic nitrogens is 2. The monoisotopic (exact) mass is 438 g/mol. The fourth-order valence-electron chi connectivity index (χ4n) is 3.45. The number of hydrogen-bond donors (Lipinski definition) is 2. The summed E-state index contributed by atoms with van der Waals surface area (Å²) in [7, 11) is 1.44. The van der Waals surface area contributed by atoms with Crippen molar-refractivity contribution in [1.82, 2.24) is 20.4 Å². The molecule has 2 N–H and O–H groups in total. The first-order valence-electron chi connectivity index (χ1n) is 10.0. The molecule has 4 amide bonds. The average Bonchev–Trinajstić information content (AvgIpc) is 3.19. The van der Waals surface area contributed by atoms with Crippen LogP contribution in [0.15, 0.2) is 48.7 Å². The van der Waals surface area contributed by atoms with Gasteiger partial charge in [-0.3, -0.25) is 24.9 Å². The molecule has 2 heterocycles. The third-order valence-corrected chi connectivity index (χ3v) is 5.11. The van der Waals surface area contributed by atoms with Gasteiger partial charge in [-0.1, -0.05) is 0 Å². The summed E-state index contributed by atoms with van der Waals surface area (Å²) >= 11 is 0. The van der Waals surface area contributed by atoms with Crippen molar-refractivity contribution in [2.24, 2.45) is 0 Å². The minimum absolute atomic E-state index is 0.0713. The molecule has 10 heteroatoms. The summed E-state index contributed by atoms with van der Waals surface area (Å²) in [5.74, 6) is -0.247. The molecule has 4 rings (SSSR count). The van der Waals surface area contributed by atoms with E-state index in [1.54, 1.807) is 30.5 Å². The van der Waals surface area contributed by atoms with Crippen LogP contribution in [0.5, 0.6) is 17.2 Å². The van der Waals surface area contributed by atoms with Crippen molar-refractivity contribution in [2.75, 3.05) is 13.7 Å². The zero-order valence-electron chi connectivity index (χ0n) is 17.6. The Kier molecular flexibility index (Phi) is 5.78. The number of nitrogens with zero attached hydrogens (tertiary/aromatic N) is 2. The van der Waals surface area contributed by atoms with Crippen LogP contribution in [-0.4, -0.2) is 46.9 Å². The summed E-state index contributed by atoms with van der Waals surface area (Å²) in [6.45, 7) is 2.88. The Hall–Kier alpha value is -3.92. The quantitative estimate of drug-likeness (QED) is 0.518. The minimum atomic E-state index is -1.92. The molecule has 0 saturated carbocycles. The van der Waals surface area contributed by atoms with Crippen molar-refractivity contribution < 1.29 is 28.6 Å². The van der Waals surface area contributed by atoms with E-state index in [0.717, 1.165) is 17.4 Å². The maximum absolute atomic E-state index is 12.5. The van der Waals surface area contributed by atoms with E-state index in [1.165, 1.54) is 7.11 Å². The Bertz CT molecular complexity index is 1150. The summed E-state index contributed by atoms with van der Waals surface area (Å²) in [5, 5.41) is 9.43. The lowest BCUT2D eigenvalue weighted by molar-refractivity contribution is -0.153. The smallest absolute Gasteiger partial charge is 0.328 e. The number of ether oxygens (including phenoxy) is 3. The number of aryl methyl sites for hydroxylation is 1. The minimum Gasteiger partial charge on any atom is -0.467 e. The van der Waals surface area contributed by atoms with Crippen molar-refractivity contribution in [3.63, 3.8) is 0 Å². The first-order valence-corrected chi connectivity index (χ1v) is 10.0. The summed E-state index contributed by atoms with van der Waals surface area (Å²) in [4.78, 5) is 36.4. The molecule has 1 aromatic heterocycles. The number of amides is 4. The molecule has 0 bridgehead atoms. The maximum atomic E-state index is 12.5. The highest BCUT2D eigenvalue weighted by Gasteiger charge is 2.52. The molecule has 0 radical (unpaired) electrons. The van der Waals surface area contributed by atoms with E-state index >= 15 is 0 Å². The normalized spacial score (nSPS) is 15.4. The molecule has 3 aromatic rings. The second-order valence-electron chi connectivity index (χ2n) is 7.16. The molecular formula is C22H22N4O6. The highest BCUT2D eigenvalue weighted by atomic mass is 16.5. The van der Waals surface area contributed by atoms with Crippen LogP contribution in [0.3, 0.4) is 0 Å². The van der Waals surface area contributed by atoms with E-state index in [1.807, 2.05) is 29.8 Å². The van der Waals surface area contributed by atoms with Crippen LogP contribution in [0.4, 0.5) is 4.79 Å². The Morgan fingerprint density at radius 3 is 2.28 bits per heavy atom. The number of nitrogens with one attached hydrogen (secondary N) is 2. The lowest BCUT2D eigenvalue weighted by atomic mass is 9.95. The third-order valence-electron chi connectivity index (χ3n) is 5.11. The molecule has 0 spiro atoms. The van der Waals surface area contributed by atoms with Crippen LogP contribution < -0.4 is 20.1 Å². The van der Waals surface area contributed by atoms with E-state index in [0.29, 0.717) is 11.5 Å². The van der Waals surface area contributed by atoms with E-state index in [2.05, 4.69) is 15.7 Å². The van der Waals surface area contributed by atoms with Crippen LogP contribution in [0, 0.1) is 0 Å². The van der Waals surface area contributed by atoms with Crippen LogP contribution in [-0.2, 0) is 20.9 Å². The average molecular weight is 438 g/mol. The van der Waals surface area contributed by atoms with Crippen LogP contribution in [0.25, 0.3) is 10.9 Å². The van der Waals surface area contributed by atoms with Crippen LogP contribution in [0.2, 0.25) is 0 Å². The van der Waals surface area contributed by atoms with Crippen molar-refractivity contribution >= 4 is 28.7 Å². The van der Waals surface area contributed by atoms with E-state index in [9.17, 15) is 14.4 Å². The summed E-state index contributed by atoms with van der Waals surface area (Å²) in [6.07, 6.45) is 1.71. The molecule has 1 aliphatic heterocycles. The van der Waals surface area contributed by atoms with Crippen LogP contribution >= 0.6 is 0 Å². The number of hydrogen-bond acceptors (Lipinski definition) is 7. The molecule has 0 unspecified atom stereocenters. The number of carbonyl (C=O) groups is 3. The van der Waals surface area contributed by atoms with Gasteiger partial charge in [0.1, 0.15) is 17.2 Å². The summed E-state index contributed by atoms with van der Waals surface area (Å²) < 4.78 is 18.6. The van der Waals surface area contributed by atoms with Crippen molar-refractivity contribution in [3.8, 4) is 17.2 Å². The topological polar surface area (TPSA) is 121 Å². The number of fused-ring (bicyclic) bond motifs is 1. The molecule has 166 valence electrons. The van der Waals surface area contributed by atoms with Crippen molar-refractivity contribution in [3.05, 3.63) is 48.7 Å². The number of imide groups is 2. The standard InChI is InChI=1S/C22H22N4O6/c1-3-26-18-9-8-17(12-14(18)13-23-26)31-15-4-6-16(7-5-15)32-22(10-11-30-2)19(27)24-21(29)25-20(22)28/h4-9,12-13H,3,10-11H2,1-2H3,(H2,24,25,27,28,29). The van der Waals surface area contributed by atoms with E-state index in [4.69, 9.17) is 14.2 Å². The second-order valence-corrected chi connectivity index (χ2v) is 7.16. The number of benzene rings is 2. The van der Waals surface area contributed by atoms with E-state index < -0.39 is 23.4 Å². The molecule has 32 heavy (non-hydrogen) atoms. The largest absolute Gasteiger partial charge is 0.467 e. The van der Waals surface area contributed by atoms with Gasteiger partial charge in [-0.15, -0.1) is 0 Å². The first-order chi connectivity index (χ1) is 15.4. The first kappa shape index (κ1) is 21.3. The lowest BCUT2D eigenvalue weighted by Gasteiger charge is -2.34. The molecule has 0 aliphatic carbocycles. The Balaban J connectivity index is 1.51. The predicted molar refractivity (Wildman–Crippen MR) is 113 cm³/mol. The van der Waals surface area contributed by atoms with Crippen molar-refractivity contribution in [2.45, 2.75) is 25.5 Å². The number of methoxy groups -OCH3 is 1. The highest BCUT2D eigenvalue weighted by molar-refractivity contribution is 6.21. The molecule has 0 atom stereocenters. The summed E-state index contributed by atoms with van der Waals surface area (Å²) in [5.41, 5.74) is -0.899. The predicted octanol–water partition coefficient (Wildman–Crippen LogP) is 2.37. The number of carbonyl (C=O) groups excluding carboxylic acids is 3. The van der Waals surface area contributed by atoms with Crippen LogP contribution in [0.1, 0.15) is 13.3 Å². The molecule has 1 saturated heterocycles. The van der Waals surface area contributed by atoms with Gasteiger partial charge >= 0.3 is 6.03 Å². The molecule has 2 aromatic carbocycles. The zero-order valence-corrected chi connectivity index (χ0v) is 17.6. The van der Waals surface area contributed by atoms with Gasteiger partial charge in [-0.25, -0.2) is 4.79 Å². The van der Waals surface area contributed by atoms with Gasteiger partial charge in [0.25, 0.3) is 17.4 Å². The Morgan fingerprint density at radius 2 is 1.62 bits per heavy atom. The fraction of sp³-hybridized carbons (Fsp3) is 0.273. The lowest BCUT2D eigenvalue weighted by Crippen LogP contribution is -2.69. The van der Waals surface area contributed by atoms with Gasteiger partial charge < -0.3 is 14.2 Å². The van der Waals surface area contributed by atoms with Gasteiger partial charge in [0.2, 0.25) is 0 Å². The van der Waals surface area contributed by atoms with Gasteiger partial charge in [-0.2, -0.15) is 5.10 Å². The fourth-order valence-corrected chi connectivity index (χ4v) is 3.45. The van der Waals surface area contributed by atoms with Gasteiger partial charge in [0.15, 0.2) is 0 Å². The highest BCUT2D eigenvalue weighted by Crippen LogP contribution is 2.29. The molecule has 1 fully saturated rings. The number of urea groups is 1. The van der Waals surface area contributed by atoms with Crippen molar-refractivity contribution in [1.29, 1.82) is 0 Å². The Morgan fingerprint density at radius 1 is 0.969 bits per heavy atom. The second kappa shape index (κ2) is 8.67. The van der Waals surface area contributed by atoms with Gasteiger partial charge in [0, 0.05) is 25.5 Å². The van der Waals surface area contributed by atoms with Gasteiger partial charge in [0.05, 0.1) is 18.3 Å².